The number of hydrogen-bond donors (Lipinski definition) is 0. The number of nitriles is 1. The zero-order chi connectivity index (χ0) is 13.0. The van der Waals surface area contributed by atoms with Crippen molar-refractivity contribution in [3.63, 3.8) is 0 Å². The fourth-order valence-corrected chi connectivity index (χ4v) is 5.67. The number of carbonyl (C=O) groups excluding carboxylic acids is 1. The predicted molar refractivity (Wildman–Crippen MR) is 70.9 cm³/mol. The number of carbonyl (C=O) groups is 1. The Balaban J connectivity index is 1.51. The Kier molecular flexibility index (Phi) is 2.46. The summed E-state index contributed by atoms with van der Waals surface area (Å²) in [4.78, 5) is 15.1. The molecular weight excluding hydrogens is 236 g/mol. The average Bonchev–Trinajstić information content (AvgIpc) is 2.84. The molecule has 5 fully saturated rings. The summed E-state index contributed by atoms with van der Waals surface area (Å²) in [5.41, 5.74) is 0.0348. The molecular formula is C16H22N2O. The maximum atomic E-state index is 13.0. The van der Waals surface area contributed by atoms with Crippen molar-refractivity contribution in [1.29, 1.82) is 5.26 Å². The van der Waals surface area contributed by atoms with Gasteiger partial charge in [0.05, 0.1) is 11.5 Å². The molecule has 1 amide bonds. The molecule has 0 aromatic rings. The van der Waals surface area contributed by atoms with E-state index in [-0.39, 0.29) is 11.3 Å². The largest absolute Gasteiger partial charge is 0.342 e. The van der Waals surface area contributed by atoms with Crippen molar-refractivity contribution < 1.29 is 4.79 Å². The molecule has 0 spiro atoms. The topological polar surface area (TPSA) is 44.1 Å². The van der Waals surface area contributed by atoms with Gasteiger partial charge in [0, 0.05) is 19.0 Å². The molecule has 2 atom stereocenters. The normalized spacial score (nSPS) is 44.6. The summed E-state index contributed by atoms with van der Waals surface area (Å²) in [6.07, 6.45) is 8.14. The summed E-state index contributed by atoms with van der Waals surface area (Å²) in [7, 11) is 0. The molecule has 3 heteroatoms. The SMILES string of the molecule is N#CC1CCN(C(=O)C23CC4CC(CC2C4)C3)CC1. The van der Waals surface area contributed by atoms with Crippen LogP contribution in [-0.4, -0.2) is 23.9 Å². The highest BCUT2D eigenvalue weighted by Gasteiger charge is 2.62. The summed E-state index contributed by atoms with van der Waals surface area (Å²) in [5.74, 6) is 3.02. The first-order chi connectivity index (χ1) is 9.21. The second-order valence-corrected chi connectivity index (χ2v) is 7.40. The van der Waals surface area contributed by atoms with Gasteiger partial charge < -0.3 is 4.90 Å². The van der Waals surface area contributed by atoms with E-state index in [9.17, 15) is 4.79 Å². The first-order valence-corrected chi connectivity index (χ1v) is 7.90. The van der Waals surface area contributed by atoms with Gasteiger partial charge in [-0.1, -0.05) is 0 Å². The number of amides is 1. The fourth-order valence-electron chi connectivity index (χ4n) is 5.67. The molecule has 4 bridgehead atoms. The summed E-state index contributed by atoms with van der Waals surface area (Å²) < 4.78 is 0. The van der Waals surface area contributed by atoms with Crippen LogP contribution in [0.25, 0.3) is 0 Å². The molecule has 102 valence electrons. The number of nitrogens with zero attached hydrogens (tertiary/aromatic N) is 2. The second kappa shape index (κ2) is 3.98. The lowest BCUT2D eigenvalue weighted by Crippen LogP contribution is -2.48. The van der Waals surface area contributed by atoms with Gasteiger partial charge in [-0.05, 0) is 62.7 Å². The van der Waals surface area contributed by atoms with Gasteiger partial charge in [0.1, 0.15) is 0 Å². The summed E-state index contributed by atoms with van der Waals surface area (Å²) in [6, 6.07) is 2.35. The van der Waals surface area contributed by atoms with Gasteiger partial charge in [-0.15, -0.1) is 0 Å². The highest BCUT2D eigenvalue weighted by molar-refractivity contribution is 5.84. The maximum absolute atomic E-state index is 13.0. The van der Waals surface area contributed by atoms with Gasteiger partial charge in [0.15, 0.2) is 0 Å². The monoisotopic (exact) mass is 258 g/mol. The van der Waals surface area contributed by atoms with Crippen LogP contribution >= 0.6 is 0 Å². The van der Waals surface area contributed by atoms with Gasteiger partial charge in [0.25, 0.3) is 0 Å². The molecule has 0 aromatic carbocycles. The van der Waals surface area contributed by atoms with Crippen LogP contribution in [0.5, 0.6) is 0 Å². The van der Waals surface area contributed by atoms with E-state index in [1.165, 1.54) is 32.1 Å². The molecule has 4 saturated carbocycles. The Labute approximate surface area is 115 Å². The molecule has 0 radical (unpaired) electrons. The van der Waals surface area contributed by atoms with Crippen LogP contribution in [0.15, 0.2) is 0 Å². The first-order valence-electron chi connectivity index (χ1n) is 7.90. The zero-order valence-electron chi connectivity index (χ0n) is 11.5. The Morgan fingerprint density at radius 1 is 1.11 bits per heavy atom. The van der Waals surface area contributed by atoms with E-state index in [0.717, 1.165) is 37.8 Å². The van der Waals surface area contributed by atoms with E-state index in [0.29, 0.717) is 11.8 Å². The van der Waals surface area contributed by atoms with E-state index in [1.807, 2.05) is 0 Å². The Hall–Kier alpha value is -1.04. The Morgan fingerprint density at radius 2 is 1.74 bits per heavy atom. The minimum absolute atomic E-state index is 0.0348. The third-order valence-corrected chi connectivity index (χ3v) is 6.38. The molecule has 0 N–H and O–H groups in total. The van der Waals surface area contributed by atoms with Crippen molar-refractivity contribution in [2.75, 3.05) is 13.1 Å². The van der Waals surface area contributed by atoms with E-state index >= 15 is 0 Å². The van der Waals surface area contributed by atoms with E-state index in [4.69, 9.17) is 5.26 Å². The molecule has 5 aliphatic rings. The highest BCUT2D eigenvalue weighted by atomic mass is 16.2. The van der Waals surface area contributed by atoms with Crippen LogP contribution in [0.4, 0.5) is 0 Å². The lowest BCUT2D eigenvalue weighted by atomic mass is 9.74. The summed E-state index contributed by atoms with van der Waals surface area (Å²) >= 11 is 0. The highest BCUT2D eigenvalue weighted by Crippen LogP contribution is 2.66. The van der Waals surface area contributed by atoms with Crippen LogP contribution in [0.3, 0.4) is 0 Å². The van der Waals surface area contributed by atoms with E-state index in [2.05, 4.69) is 11.0 Å². The van der Waals surface area contributed by atoms with E-state index < -0.39 is 0 Å². The van der Waals surface area contributed by atoms with Gasteiger partial charge >= 0.3 is 0 Å². The molecule has 1 heterocycles. The first kappa shape index (κ1) is 11.8. The molecule has 1 aliphatic heterocycles. The third-order valence-electron chi connectivity index (χ3n) is 6.38. The number of likely N-dealkylation sites (tertiary alicyclic amines) is 1. The van der Waals surface area contributed by atoms with Crippen LogP contribution in [0.1, 0.15) is 44.9 Å². The zero-order valence-corrected chi connectivity index (χ0v) is 11.5. The molecule has 5 rings (SSSR count). The van der Waals surface area contributed by atoms with E-state index in [1.54, 1.807) is 0 Å². The molecule has 1 saturated heterocycles. The van der Waals surface area contributed by atoms with Crippen molar-refractivity contribution in [3.8, 4) is 6.07 Å². The standard InChI is InChI=1S/C16H22N2O/c17-10-11-1-3-18(4-2-11)15(19)16-8-12-5-13(9-16)7-14(16)6-12/h11-14H,1-9H2. The third kappa shape index (κ3) is 1.58. The van der Waals surface area contributed by atoms with Crippen LogP contribution in [-0.2, 0) is 4.79 Å². The number of piperidine rings is 1. The van der Waals surface area contributed by atoms with Crippen molar-refractivity contribution in [3.05, 3.63) is 0 Å². The Morgan fingerprint density at radius 3 is 2.32 bits per heavy atom. The molecule has 4 aliphatic carbocycles. The molecule has 3 nitrogen and oxygen atoms in total. The quantitative estimate of drug-likeness (QED) is 0.725. The Bertz CT molecular complexity index is 430. The van der Waals surface area contributed by atoms with Gasteiger partial charge in [-0.3, -0.25) is 4.79 Å². The van der Waals surface area contributed by atoms with Gasteiger partial charge in [0.2, 0.25) is 5.91 Å². The maximum Gasteiger partial charge on any atom is 0.229 e. The van der Waals surface area contributed by atoms with Crippen LogP contribution in [0.2, 0.25) is 0 Å². The summed E-state index contributed by atoms with van der Waals surface area (Å²) in [6.45, 7) is 1.64. The van der Waals surface area contributed by atoms with Crippen molar-refractivity contribution in [2.24, 2.45) is 29.1 Å². The molecule has 0 aromatic heterocycles. The minimum Gasteiger partial charge on any atom is -0.342 e. The number of rotatable bonds is 1. The van der Waals surface area contributed by atoms with Gasteiger partial charge in [-0.2, -0.15) is 5.26 Å². The number of hydrogen-bond acceptors (Lipinski definition) is 2. The fraction of sp³-hybridized carbons (Fsp3) is 0.875. The lowest BCUT2D eigenvalue weighted by molar-refractivity contribution is -0.145. The lowest BCUT2D eigenvalue weighted by Gasteiger charge is -2.39. The molecule has 19 heavy (non-hydrogen) atoms. The second-order valence-electron chi connectivity index (χ2n) is 7.40. The predicted octanol–water partition coefficient (Wildman–Crippen LogP) is 2.57. The average molecular weight is 258 g/mol. The van der Waals surface area contributed by atoms with Crippen molar-refractivity contribution in [1.82, 2.24) is 4.90 Å². The van der Waals surface area contributed by atoms with Crippen molar-refractivity contribution in [2.45, 2.75) is 44.9 Å². The molecule has 2 unspecified atom stereocenters. The van der Waals surface area contributed by atoms with Crippen molar-refractivity contribution >= 4 is 5.91 Å². The summed E-state index contributed by atoms with van der Waals surface area (Å²) in [5, 5.41) is 8.96. The van der Waals surface area contributed by atoms with Crippen LogP contribution in [0, 0.1) is 40.4 Å². The van der Waals surface area contributed by atoms with Crippen LogP contribution < -0.4 is 0 Å². The van der Waals surface area contributed by atoms with Gasteiger partial charge in [-0.25, -0.2) is 0 Å². The smallest absolute Gasteiger partial charge is 0.229 e. The minimum atomic E-state index is 0.0348.